The lowest BCUT2D eigenvalue weighted by atomic mass is 9.81. The zero-order valence-electron chi connectivity index (χ0n) is 18.6. The molecule has 0 unspecified atom stereocenters. The number of likely N-dealkylation sites (tertiary alicyclic amines) is 1. The molecule has 0 N–H and O–H groups in total. The van der Waals surface area contributed by atoms with Crippen LogP contribution in [0.15, 0.2) is 36.4 Å². The number of amides is 1. The molecule has 0 aromatic heterocycles. The minimum absolute atomic E-state index is 0.0748. The van der Waals surface area contributed by atoms with Crippen molar-refractivity contribution in [3.05, 3.63) is 57.6 Å². The number of hydrogen-bond donors (Lipinski definition) is 0. The molecule has 0 radical (unpaired) electrons. The second-order valence-electron chi connectivity index (χ2n) is 7.97. The van der Waals surface area contributed by atoms with E-state index >= 15 is 0 Å². The Kier molecular flexibility index (Phi) is 8.60. The summed E-state index contributed by atoms with van der Waals surface area (Å²) < 4.78 is 10.7. The minimum atomic E-state index is -1.03. The number of nitrogens with zero attached hydrogens (tertiary/aromatic N) is 2. The smallest absolute Gasteiger partial charge is 0.240 e. The Morgan fingerprint density at radius 1 is 1.03 bits per heavy atom. The molecule has 8 heteroatoms. The van der Waals surface area contributed by atoms with Crippen molar-refractivity contribution in [3.63, 3.8) is 0 Å². The van der Waals surface area contributed by atoms with E-state index in [2.05, 4.69) is 6.07 Å². The lowest BCUT2D eigenvalue weighted by molar-refractivity contribution is -0.135. The van der Waals surface area contributed by atoms with Crippen molar-refractivity contribution in [1.29, 1.82) is 5.26 Å². The number of halogens is 2. The molecule has 2 aromatic carbocycles. The molecule has 1 heterocycles. The van der Waals surface area contributed by atoms with Crippen molar-refractivity contribution in [3.8, 4) is 17.6 Å². The molecule has 2 aromatic rings. The van der Waals surface area contributed by atoms with Crippen LogP contribution < -0.4 is 9.47 Å². The van der Waals surface area contributed by atoms with E-state index in [1.165, 1.54) is 20.3 Å². The number of carbonyl (C=O) groups excluding carboxylic acids is 2. The van der Waals surface area contributed by atoms with E-state index in [1.807, 2.05) is 0 Å². The van der Waals surface area contributed by atoms with Crippen LogP contribution in [0.2, 0.25) is 10.0 Å². The summed E-state index contributed by atoms with van der Waals surface area (Å²) in [6.07, 6.45) is 2.80. The van der Waals surface area contributed by atoms with E-state index in [4.69, 9.17) is 32.7 Å². The third-order valence-electron chi connectivity index (χ3n) is 5.95. The molecule has 2 atom stereocenters. The van der Waals surface area contributed by atoms with Gasteiger partial charge >= 0.3 is 0 Å². The maximum atomic E-state index is 13.3. The van der Waals surface area contributed by atoms with Gasteiger partial charge in [0.05, 0.1) is 25.3 Å². The highest BCUT2D eigenvalue weighted by molar-refractivity contribution is 6.36. The van der Waals surface area contributed by atoms with Crippen LogP contribution in [0.25, 0.3) is 0 Å². The van der Waals surface area contributed by atoms with Crippen LogP contribution >= 0.6 is 23.2 Å². The number of nitriles is 1. The Bertz CT molecular complexity index is 1060. The molecule has 1 saturated heterocycles. The molecule has 0 saturated carbocycles. The van der Waals surface area contributed by atoms with Crippen LogP contribution in [0.1, 0.15) is 47.5 Å². The van der Waals surface area contributed by atoms with Gasteiger partial charge in [-0.1, -0.05) is 29.3 Å². The number of benzene rings is 2. The van der Waals surface area contributed by atoms with E-state index < -0.39 is 11.8 Å². The van der Waals surface area contributed by atoms with Gasteiger partial charge in [-0.15, -0.1) is 0 Å². The van der Waals surface area contributed by atoms with Gasteiger partial charge in [-0.2, -0.15) is 5.26 Å². The predicted octanol–water partition coefficient (Wildman–Crippen LogP) is 5.52. The predicted molar refractivity (Wildman–Crippen MR) is 127 cm³/mol. The van der Waals surface area contributed by atoms with E-state index in [0.717, 1.165) is 19.3 Å². The van der Waals surface area contributed by atoms with Gasteiger partial charge < -0.3 is 14.4 Å². The summed E-state index contributed by atoms with van der Waals surface area (Å²) in [4.78, 5) is 28.3. The fraction of sp³-hybridized carbons (Fsp3) is 0.400. The third-order valence-corrected chi connectivity index (χ3v) is 6.50. The second kappa shape index (κ2) is 11.4. The summed E-state index contributed by atoms with van der Waals surface area (Å²) >= 11 is 12.2. The number of rotatable bonds is 8. The minimum Gasteiger partial charge on any atom is -0.493 e. The standard InChI is InChI=1S/C25H26Cl2N2O4/c1-32-23-9-6-16(12-24(23)33-2)19(14-22(30)18-8-7-17(26)13-21(18)27)20(15-28)25(31)29-10-4-3-5-11-29/h6-9,12-13,19-20H,3-5,10-11,14H2,1-2H3/t19-,20+/m1/s1. The molecular weight excluding hydrogens is 463 g/mol. The zero-order valence-corrected chi connectivity index (χ0v) is 20.2. The maximum absolute atomic E-state index is 13.3. The fourth-order valence-electron chi connectivity index (χ4n) is 4.17. The number of piperidine rings is 1. The van der Waals surface area contributed by atoms with Gasteiger partial charge in [-0.25, -0.2) is 0 Å². The first-order valence-corrected chi connectivity index (χ1v) is 11.5. The number of hydrogen-bond acceptors (Lipinski definition) is 5. The van der Waals surface area contributed by atoms with Gasteiger partial charge in [0.1, 0.15) is 5.92 Å². The van der Waals surface area contributed by atoms with Crippen LogP contribution in [0, 0.1) is 17.2 Å². The molecule has 3 rings (SSSR count). The molecule has 33 heavy (non-hydrogen) atoms. The summed E-state index contributed by atoms with van der Waals surface area (Å²) in [5.41, 5.74) is 0.941. The van der Waals surface area contributed by atoms with E-state index in [-0.39, 0.29) is 23.1 Å². The normalized spacial score (nSPS) is 15.3. The molecular formula is C25H26Cl2N2O4. The number of carbonyl (C=O) groups is 2. The average Bonchev–Trinajstić information content (AvgIpc) is 2.83. The monoisotopic (exact) mass is 488 g/mol. The van der Waals surface area contributed by atoms with Gasteiger partial charge in [0.2, 0.25) is 5.91 Å². The molecule has 174 valence electrons. The lowest BCUT2D eigenvalue weighted by Gasteiger charge is -2.31. The quantitative estimate of drug-likeness (QED) is 0.457. The van der Waals surface area contributed by atoms with Gasteiger partial charge in [0.25, 0.3) is 0 Å². The van der Waals surface area contributed by atoms with E-state index in [9.17, 15) is 14.9 Å². The largest absolute Gasteiger partial charge is 0.493 e. The molecule has 0 aliphatic carbocycles. The van der Waals surface area contributed by atoms with Gasteiger partial charge in [-0.05, 0) is 55.2 Å². The van der Waals surface area contributed by atoms with Crippen LogP contribution in [0.4, 0.5) is 0 Å². The number of methoxy groups -OCH3 is 2. The molecule has 0 bridgehead atoms. The van der Waals surface area contributed by atoms with Crippen molar-refractivity contribution in [2.75, 3.05) is 27.3 Å². The first kappa shape index (κ1) is 24.9. The first-order valence-electron chi connectivity index (χ1n) is 10.8. The molecule has 1 amide bonds. The van der Waals surface area contributed by atoms with E-state index in [1.54, 1.807) is 35.2 Å². The van der Waals surface area contributed by atoms with Crippen LogP contribution in [-0.4, -0.2) is 43.9 Å². The summed E-state index contributed by atoms with van der Waals surface area (Å²) in [6.45, 7) is 1.24. The third kappa shape index (κ3) is 5.79. The Morgan fingerprint density at radius 2 is 1.73 bits per heavy atom. The summed E-state index contributed by atoms with van der Waals surface area (Å²) in [7, 11) is 3.04. The number of Topliss-reactive ketones (excluding diaryl/α,β-unsaturated/α-hetero) is 1. The van der Waals surface area contributed by atoms with Crippen molar-refractivity contribution in [2.24, 2.45) is 5.92 Å². The summed E-state index contributed by atoms with van der Waals surface area (Å²) in [5, 5.41) is 10.7. The Balaban J connectivity index is 2.00. The molecule has 1 aliphatic rings. The average molecular weight is 489 g/mol. The van der Waals surface area contributed by atoms with Gasteiger partial charge in [0.15, 0.2) is 17.3 Å². The van der Waals surface area contributed by atoms with E-state index in [0.29, 0.717) is 40.7 Å². The zero-order chi connectivity index (χ0) is 24.0. The fourth-order valence-corrected chi connectivity index (χ4v) is 4.68. The highest BCUT2D eigenvalue weighted by Gasteiger charge is 2.35. The summed E-state index contributed by atoms with van der Waals surface area (Å²) in [5.74, 6) is -1.28. The number of ether oxygens (including phenoxy) is 2. The molecule has 6 nitrogen and oxygen atoms in total. The van der Waals surface area contributed by atoms with Crippen LogP contribution in [-0.2, 0) is 4.79 Å². The van der Waals surface area contributed by atoms with Crippen molar-refractivity contribution >= 4 is 34.9 Å². The van der Waals surface area contributed by atoms with Gasteiger partial charge in [-0.3, -0.25) is 9.59 Å². The lowest BCUT2D eigenvalue weighted by Crippen LogP contribution is -2.41. The number of ketones is 1. The van der Waals surface area contributed by atoms with Crippen LogP contribution in [0.3, 0.4) is 0 Å². The van der Waals surface area contributed by atoms with Crippen molar-refractivity contribution < 1.29 is 19.1 Å². The van der Waals surface area contributed by atoms with Crippen molar-refractivity contribution in [1.82, 2.24) is 4.90 Å². The maximum Gasteiger partial charge on any atom is 0.240 e. The van der Waals surface area contributed by atoms with Gasteiger partial charge in [0, 0.05) is 36.0 Å². The SMILES string of the molecule is COc1ccc([C@@H](CC(=O)c2ccc(Cl)cc2Cl)[C@H](C#N)C(=O)N2CCCCC2)cc1OC. The highest BCUT2D eigenvalue weighted by Crippen LogP contribution is 2.37. The Morgan fingerprint density at radius 3 is 2.33 bits per heavy atom. The Labute approximate surface area is 204 Å². The topological polar surface area (TPSA) is 79.6 Å². The second-order valence-corrected chi connectivity index (χ2v) is 8.81. The molecule has 1 fully saturated rings. The molecule has 0 spiro atoms. The first-order chi connectivity index (χ1) is 15.9. The molecule has 1 aliphatic heterocycles. The highest BCUT2D eigenvalue weighted by atomic mass is 35.5. The summed E-state index contributed by atoms with van der Waals surface area (Å²) in [6, 6.07) is 12.0. The Hall–Kier alpha value is -2.75. The van der Waals surface area contributed by atoms with Crippen molar-refractivity contribution in [2.45, 2.75) is 31.6 Å². The van der Waals surface area contributed by atoms with Crippen LogP contribution in [0.5, 0.6) is 11.5 Å².